The molecule has 2 heterocycles. The average molecular weight is 342 g/mol. The third-order valence-corrected chi connectivity index (χ3v) is 3.94. The Labute approximate surface area is 130 Å². The molecule has 136 valence electrons. The van der Waals surface area contributed by atoms with Crippen molar-refractivity contribution in [1.82, 2.24) is 0 Å². The molecule has 23 heavy (non-hydrogen) atoms. The van der Waals surface area contributed by atoms with Gasteiger partial charge in [0.05, 0.1) is 13.2 Å². The van der Waals surface area contributed by atoms with E-state index in [0.717, 1.165) is 0 Å². The second-order valence-corrected chi connectivity index (χ2v) is 5.53. The first-order chi connectivity index (χ1) is 10.8. The summed E-state index contributed by atoms with van der Waals surface area (Å²) in [6.07, 6.45) is -15.2. The molecule has 2 saturated heterocycles. The van der Waals surface area contributed by atoms with E-state index in [0.29, 0.717) is 0 Å². The van der Waals surface area contributed by atoms with Crippen LogP contribution in [0.1, 0.15) is 0 Å². The summed E-state index contributed by atoms with van der Waals surface area (Å²) in [5.74, 6) is 0. The van der Waals surface area contributed by atoms with Crippen molar-refractivity contribution >= 4 is 0 Å². The highest BCUT2D eigenvalue weighted by Crippen LogP contribution is 2.29. The molecule has 11 heteroatoms. The van der Waals surface area contributed by atoms with Gasteiger partial charge in [0.1, 0.15) is 48.8 Å². The number of rotatable bonds is 5. The van der Waals surface area contributed by atoms with Gasteiger partial charge in [-0.15, -0.1) is 0 Å². The molecule has 0 bridgehead atoms. The minimum atomic E-state index is -1.71. The van der Waals surface area contributed by atoms with Crippen molar-refractivity contribution in [1.29, 1.82) is 0 Å². The van der Waals surface area contributed by atoms with Gasteiger partial charge in [0.25, 0.3) is 0 Å². The highest BCUT2D eigenvalue weighted by molar-refractivity contribution is 4.93. The maximum absolute atomic E-state index is 9.84. The fraction of sp³-hybridized carbons (Fsp3) is 1.00. The predicted octanol–water partition coefficient (Wildman–Crippen LogP) is -5.40. The Morgan fingerprint density at radius 3 is 1.91 bits per heavy atom. The Morgan fingerprint density at radius 1 is 0.783 bits per heavy atom. The molecule has 8 N–H and O–H groups in total. The highest BCUT2D eigenvalue weighted by Gasteiger charge is 2.50. The first-order valence-electron chi connectivity index (χ1n) is 7.08. The molecule has 0 radical (unpaired) electrons. The molecule has 2 unspecified atom stereocenters. The van der Waals surface area contributed by atoms with Crippen molar-refractivity contribution < 1.29 is 55.1 Å². The van der Waals surface area contributed by atoms with Crippen LogP contribution in [0.4, 0.5) is 0 Å². The Morgan fingerprint density at radius 2 is 1.35 bits per heavy atom. The van der Waals surface area contributed by atoms with E-state index in [-0.39, 0.29) is 0 Å². The third-order valence-electron chi connectivity index (χ3n) is 3.94. The van der Waals surface area contributed by atoms with Crippen LogP contribution in [0.2, 0.25) is 0 Å². The zero-order valence-corrected chi connectivity index (χ0v) is 12.0. The monoisotopic (exact) mass is 342 g/mol. The van der Waals surface area contributed by atoms with Crippen LogP contribution in [-0.4, -0.2) is 115 Å². The fourth-order valence-corrected chi connectivity index (χ4v) is 2.52. The minimum absolute atomic E-state index is 0.659. The third kappa shape index (κ3) is 3.65. The second-order valence-electron chi connectivity index (χ2n) is 5.53. The Balaban J connectivity index is 2.03. The molecule has 2 aliphatic rings. The molecule has 0 aromatic heterocycles. The molecule has 0 spiro atoms. The highest BCUT2D eigenvalue weighted by atomic mass is 16.8. The lowest BCUT2D eigenvalue weighted by molar-refractivity contribution is -0.342. The number of ether oxygens (including phenoxy) is 3. The van der Waals surface area contributed by atoms with Crippen molar-refractivity contribution in [3.05, 3.63) is 0 Å². The zero-order chi connectivity index (χ0) is 17.3. The normalized spacial score (nSPS) is 49.3. The van der Waals surface area contributed by atoms with Gasteiger partial charge in [-0.1, -0.05) is 0 Å². The van der Waals surface area contributed by atoms with Gasteiger partial charge in [-0.05, 0) is 0 Å². The molecule has 10 atom stereocenters. The molecule has 0 saturated carbocycles. The summed E-state index contributed by atoms with van der Waals surface area (Å²) in [5.41, 5.74) is 0. The summed E-state index contributed by atoms with van der Waals surface area (Å²) < 4.78 is 15.3. The average Bonchev–Trinajstić information content (AvgIpc) is 2.83. The van der Waals surface area contributed by atoms with Crippen LogP contribution in [0.25, 0.3) is 0 Å². The van der Waals surface area contributed by atoms with E-state index >= 15 is 0 Å². The first-order valence-corrected chi connectivity index (χ1v) is 7.08. The van der Waals surface area contributed by atoms with Crippen LogP contribution in [0.3, 0.4) is 0 Å². The van der Waals surface area contributed by atoms with E-state index in [1.54, 1.807) is 0 Å². The summed E-state index contributed by atoms with van der Waals surface area (Å²) in [5, 5.41) is 76.1. The van der Waals surface area contributed by atoms with Crippen molar-refractivity contribution in [3.63, 3.8) is 0 Å². The summed E-state index contributed by atoms with van der Waals surface area (Å²) in [6.45, 7) is -1.38. The standard InChI is InChI=1S/C12H22O11/c13-1-3(15)10-7(18)9(20)12(22-10)23-11-8(19)6(17)5(16)4(2-14)21-11/h3-20H,1-2H2/t3-,4-,5-,6+,7-,8-,9-,10-,11?,12?/m1/s1. The lowest BCUT2D eigenvalue weighted by Gasteiger charge is -2.40. The molecule has 0 aromatic rings. The quantitative estimate of drug-likeness (QED) is 0.238. The van der Waals surface area contributed by atoms with Crippen molar-refractivity contribution in [2.45, 2.75) is 61.4 Å². The van der Waals surface area contributed by atoms with Crippen LogP contribution in [0.5, 0.6) is 0 Å². The van der Waals surface area contributed by atoms with Crippen LogP contribution in [0, 0.1) is 0 Å². The zero-order valence-electron chi connectivity index (χ0n) is 12.0. The van der Waals surface area contributed by atoms with Gasteiger partial charge in [0, 0.05) is 0 Å². The number of hydrogen-bond donors (Lipinski definition) is 8. The van der Waals surface area contributed by atoms with Crippen molar-refractivity contribution in [2.75, 3.05) is 13.2 Å². The topological polar surface area (TPSA) is 190 Å². The van der Waals surface area contributed by atoms with Gasteiger partial charge < -0.3 is 55.1 Å². The minimum Gasteiger partial charge on any atom is -0.394 e. The molecular formula is C12H22O11. The molecule has 0 aromatic carbocycles. The maximum atomic E-state index is 9.84. The maximum Gasteiger partial charge on any atom is 0.189 e. The number of aliphatic hydroxyl groups excluding tert-OH is 8. The van der Waals surface area contributed by atoms with Crippen LogP contribution in [-0.2, 0) is 14.2 Å². The molecule has 2 rings (SSSR count). The van der Waals surface area contributed by atoms with Gasteiger partial charge in [0.15, 0.2) is 12.6 Å². The Kier molecular flexibility index (Phi) is 6.27. The molecular weight excluding hydrogens is 320 g/mol. The van der Waals surface area contributed by atoms with Crippen LogP contribution in [0.15, 0.2) is 0 Å². The van der Waals surface area contributed by atoms with E-state index < -0.39 is 74.6 Å². The van der Waals surface area contributed by atoms with Gasteiger partial charge in [-0.25, -0.2) is 0 Å². The SMILES string of the molecule is OC[C@@H](O)[C@H]1OC(OC2O[C@H](CO)[C@@H](O)[C@H](O)[C@H]2O)[C@H](O)[C@H]1O. The summed E-state index contributed by atoms with van der Waals surface area (Å²) in [7, 11) is 0. The summed E-state index contributed by atoms with van der Waals surface area (Å²) >= 11 is 0. The number of hydrogen-bond acceptors (Lipinski definition) is 11. The lowest BCUT2D eigenvalue weighted by Crippen LogP contribution is -2.60. The number of aliphatic hydroxyl groups is 8. The van der Waals surface area contributed by atoms with Crippen molar-refractivity contribution in [2.24, 2.45) is 0 Å². The largest absolute Gasteiger partial charge is 0.394 e. The van der Waals surface area contributed by atoms with E-state index in [1.165, 1.54) is 0 Å². The molecule has 2 aliphatic heterocycles. The summed E-state index contributed by atoms with van der Waals surface area (Å²) in [4.78, 5) is 0. The predicted molar refractivity (Wildman–Crippen MR) is 68.6 cm³/mol. The van der Waals surface area contributed by atoms with Crippen LogP contribution >= 0.6 is 0 Å². The van der Waals surface area contributed by atoms with E-state index in [9.17, 15) is 30.6 Å². The van der Waals surface area contributed by atoms with E-state index in [1.807, 2.05) is 0 Å². The Bertz CT molecular complexity index is 380. The Hall–Kier alpha value is -0.440. The second kappa shape index (κ2) is 7.63. The molecule has 11 nitrogen and oxygen atoms in total. The molecule has 0 aliphatic carbocycles. The smallest absolute Gasteiger partial charge is 0.189 e. The van der Waals surface area contributed by atoms with Gasteiger partial charge in [0.2, 0.25) is 0 Å². The fourth-order valence-electron chi connectivity index (χ4n) is 2.52. The lowest BCUT2D eigenvalue weighted by atomic mass is 9.99. The van der Waals surface area contributed by atoms with Crippen molar-refractivity contribution in [3.8, 4) is 0 Å². The van der Waals surface area contributed by atoms with Gasteiger partial charge >= 0.3 is 0 Å². The summed E-state index contributed by atoms with van der Waals surface area (Å²) in [6, 6.07) is 0. The van der Waals surface area contributed by atoms with E-state index in [2.05, 4.69) is 0 Å². The molecule has 2 fully saturated rings. The van der Waals surface area contributed by atoms with Gasteiger partial charge in [-0.2, -0.15) is 0 Å². The molecule has 0 amide bonds. The van der Waals surface area contributed by atoms with Crippen LogP contribution < -0.4 is 0 Å². The van der Waals surface area contributed by atoms with Gasteiger partial charge in [-0.3, -0.25) is 0 Å². The van der Waals surface area contributed by atoms with E-state index in [4.69, 9.17) is 24.4 Å². The first kappa shape index (κ1) is 18.9.